The SMILES string of the molecule is CCCc1ccc(-c2csc(NC(=O)CSc3nnc(-c4sc(C)nc4C)o3)n2)cc1. The number of thiazole rings is 2. The molecule has 0 saturated carbocycles. The fourth-order valence-electron chi connectivity index (χ4n) is 2.97. The summed E-state index contributed by atoms with van der Waals surface area (Å²) in [4.78, 5) is 22.1. The van der Waals surface area contributed by atoms with Crippen molar-refractivity contribution >= 4 is 45.5 Å². The van der Waals surface area contributed by atoms with Crippen LogP contribution in [0.4, 0.5) is 5.13 Å². The molecule has 0 aliphatic rings. The second-order valence-electron chi connectivity index (χ2n) is 6.84. The number of aromatic nitrogens is 4. The fraction of sp³-hybridized carbons (Fsp3) is 0.286. The molecule has 1 N–H and O–H groups in total. The first kappa shape index (κ1) is 21.7. The molecule has 0 aliphatic carbocycles. The van der Waals surface area contributed by atoms with Gasteiger partial charge in [-0.25, -0.2) is 9.97 Å². The molecule has 3 aromatic heterocycles. The number of thioether (sulfide) groups is 1. The molecule has 0 spiro atoms. The summed E-state index contributed by atoms with van der Waals surface area (Å²) in [5.41, 5.74) is 4.07. The lowest BCUT2D eigenvalue weighted by Crippen LogP contribution is -2.13. The van der Waals surface area contributed by atoms with Gasteiger partial charge in [-0.05, 0) is 25.8 Å². The number of carbonyl (C=O) groups is 1. The lowest BCUT2D eigenvalue weighted by atomic mass is 10.1. The molecule has 1 aromatic carbocycles. The summed E-state index contributed by atoms with van der Waals surface area (Å²) in [6, 6.07) is 8.39. The van der Waals surface area contributed by atoms with Gasteiger partial charge in [-0.2, -0.15) is 0 Å². The van der Waals surface area contributed by atoms with E-state index in [2.05, 4.69) is 56.7 Å². The van der Waals surface area contributed by atoms with Gasteiger partial charge in [-0.15, -0.1) is 32.9 Å². The minimum atomic E-state index is -0.172. The first-order chi connectivity index (χ1) is 15.0. The third kappa shape index (κ3) is 5.38. The topological polar surface area (TPSA) is 93.8 Å². The zero-order chi connectivity index (χ0) is 21.8. The fourth-order valence-corrected chi connectivity index (χ4v) is 5.11. The van der Waals surface area contributed by atoms with Gasteiger partial charge in [-0.3, -0.25) is 4.79 Å². The second-order valence-corrected chi connectivity index (χ2v) is 9.83. The van der Waals surface area contributed by atoms with Crippen LogP contribution in [0.15, 0.2) is 39.3 Å². The van der Waals surface area contributed by atoms with Crippen LogP contribution < -0.4 is 5.32 Å². The van der Waals surface area contributed by atoms with E-state index in [1.54, 1.807) is 0 Å². The summed E-state index contributed by atoms with van der Waals surface area (Å²) in [7, 11) is 0. The Morgan fingerprint density at radius 1 is 1.16 bits per heavy atom. The van der Waals surface area contributed by atoms with Crippen molar-refractivity contribution in [3.05, 3.63) is 45.9 Å². The molecule has 0 aliphatic heterocycles. The van der Waals surface area contributed by atoms with Crippen LogP contribution in [0.2, 0.25) is 0 Å². The number of hydrogen-bond acceptors (Lipinski definition) is 9. The van der Waals surface area contributed by atoms with Crippen LogP contribution in [0.25, 0.3) is 22.0 Å². The maximum atomic E-state index is 12.3. The van der Waals surface area contributed by atoms with E-state index in [0.717, 1.165) is 39.7 Å². The van der Waals surface area contributed by atoms with Crippen LogP contribution in [0.1, 0.15) is 29.6 Å². The van der Waals surface area contributed by atoms with E-state index in [1.165, 1.54) is 40.0 Å². The van der Waals surface area contributed by atoms with Crippen LogP contribution in [0, 0.1) is 13.8 Å². The molecule has 0 unspecified atom stereocenters. The Kier molecular flexibility index (Phi) is 6.79. The zero-order valence-electron chi connectivity index (χ0n) is 17.3. The summed E-state index contributed by atoms with van der Waals surface area (Å²) in [6.07, 6.45) is 2.20. The van der Waals surface area contributed by atoms with Crippen molar-refractivity contribution < 1.29 is 9.21 Å². The van der Waals surface area contributed by atoms with Crippen LogP contribution in [0.3, 0.4) is 0 Å². The molecule has 0 bridgehead atoms. The molecule has 4 rings (SSSR count). The van der Waals surface area contributed by atoms with Crippen LogP contribution in [0.5, 0.6) is 0 Å². The van der Waals surface area contributed by atoms with Gasteiger partial charge in [0.1, 0.15) is 4.88 Å². The Bertz CT molecular complexity index is 1180. The largest absolute Gasteiger partial charge is 0.410 e. The third-order valence-electron chi connectivity index (χ3n) is 4.37. The van der Waals surface area contributed by atoms with Crippen molar-refractivity contribution in [1.82, 2.24) is 20.2 Å². The Balaban J connectivity index is 1.32. The lowest BCUT2D eigenvalue weighted by molar-refractivity contribution is -0.113. The molecule has 10 heteroatoms. The number of nitrogens with zero attached hydrogens (tertiary/aromatic N) is 4. The Hall–Kier alpha value is -2.56. The maximum Gasteiger partial charge on any atom is 0.277 e. The predicted molar refractivity (Wildman–Crippen MR) is 126 cm³/mol. The van der Waals surface area contributed by atoms with Crippen LogP contribution >= 0.6 is 34.4 Å². The van der Waals surface area contributed by atoms with Gasteiger partial charge in [-0.1, -0.05) is 49.4 Å². The number of anilines is 1. The number of nitrogens with one attached hydrogen (secondary N) is 1. The normalized spacial score (nSPS) is 11.1. The quantitative estimate of drug-likeness (QED) is 0.333. The van der Waals surface area contributed by atoms with Crippen LogP contribution in [-0.2, 0) is 11.2 Å². The van der Waals surface area contributed by atoms with Crippen LogP contribution in [-0.4, -0.2) is 31.8 Å². The molecule has 1 amide bonds. The highest BCUT2D eigenvalue weighted by atomic mass is 32.2. The molecule has 0 radical (unpaired) electrons. The smallest absolute Gasteiger partial charge is 0.277 e. The van der Waals surface area contributed by atoms with E-state index >= 15 is 0 Å². The van der Waals surface area contributed by atoms with Gasteiger partial charge >= 0.3 is 0 Å². The molecule has 31 heavy (non-hydrogen) atoms. The molecule has 0 atom stereocenters. The van der Waals surface area contributed by atoms with E-state index in [9.17, 15) is 4.79 Å². The summed E-state index contributed by atoms with van der Waals surface area (Å²) >= 11 is 4.11. The molecular weight excluding hydrogens is 450 g/mol. The standard InChI is InChI=1S/C21H21N5O2S3/c1-4-5-14-6-8-15(9-7-14)16-10-29-20(23-16)24-17(27)11-30-21-26-25-19(28-21)18-12(2)22-13(3)31-18/h6-10H,4-5,11H2,1-3H3,(H,23,24,27). The Morgan fingerprint density at radius 2 is 1.97 bits per heavy atom. The maximum absolute atomic E-state index is 12.3. The van der Waals surface area contributed by atoms with Crippen molar-refractivity contribution in [2.45, 2.75) is 38.8 Å². The number of benzene rings is 1. The molecule has 3 heterocycles. The summed E-state index contributed by atoms with van der Waals surface area (Å²) < 4.78 is 5.67. The second kappa shape index (κ2) is 9.71. The first-order valence-corrected chi connectivity index (χ1v) is 12.5. The minimum Gasteiger partial charge on any atom is -0.410 e. The monoisotopic (exact) mass is 471 g/mol. The van der Waals surface area contributed by atoms with Gasteiger partial charge in [0.2, 0.25) is 5.91 Å². The number of rotatable bonds is 8. The average molecular weight is 472 g/mol. The number of amides is 1. The van der Waals surface area contributed by atoms with E-state index in [0.29, 0.717) is 16.2 Å². The molecule has 160 valence electrons. The van der Waals surface area contributed by atoms with Crippen molar-refractivity contribution in [1.29, 1.82) is 0 Å². The minimum absolute atomic E-state index is 0.156. The van der Waals surface area contributed by atoms with E-state index in [1.807, 2.05) is 19.2 Å². The van der Waals surface area contributed by atoms with E-state index in [-0.39, 0.29) is 11.7 Å². The van der Waals surface area contributed by atoms with Gasteiger partial charge in [0, 0.05) is 10.9 Å². The van der Waals surface area contributed by atoms with Gasteiger partial charge in [0.25, 0.3) is 11.1 Å². The highest BCUT2D eigenvalue weighted by Crippen LogP contribution is 2.31. The van der Waals surface area contributed by atoms with Crippen molar-refractivity contribution in [2.24, 2.45) is 0 Å². The van der Waals surface area contributed by atoms with E-state index < -0.39 is 0 Å². The predicted octanol–water partition coefficient (Wildman–Crippen LogP) is 5.62. The zero-order valence-corrected chi connectivity index (χ0v) is 19.8. The lowest BCUT2D eigenvalue weighted by Gasteiger charge is -2.01. The molecule has 7 nitrogen and oxygen atoms in total. The third-order valence-corrected chi connectivity index (χ3v) is 7.01. The molecule has 0 saturated heterocycles. The highest BCUT2D eigenvalue weighted by Gasteiger charge is 2.16. The average Bonchev–Trinajstić information content (AvgIpc) is 3.47. The molecular formula is C21H21N5O2S3. The van der Waals surface area contributed by atoms with E-state index in [4.69, 9.17) is 4.42 Å². The van der Waals surface area contributed by atoms with Crippen molar-refractivity contribution in [3.8, 4) is 22.0 Å². The first-order valence-electron chi connectivity index (χ1n) is 9.77. The van der Waals surface area contributed by atoms with Gasteiger partial charge < -0.3 is 9.73 Å². The highest BCUT2D eigenvalue weighted by molar-refractivity contribution is 7.99. The molecule has 4 aromatic rings. The van der Waals surface area contributed by atoms with Crippen molar-refractivity contribution in [2.75, 3.05) is 11.1 Å². The summed E-state index contributed by atoms with van der Waals surface area (Å²) in [6.45, 7) is 6.01. The van der Waals surface area contributed by atoms with Crippen molar-refractivity contribution in [3.63, 3.8) is 0 Å². The number of hydrogen-bond donors (Lipinski definition) is 1. The molecule has 0 fully saturated rings. The Morgan fingerprint density at radius 3 is 2.68 bits per heavy atom. The summed E-state index contributed by atoms with van der Waals surface area (Å²) in [5.74, 6) is 0.414. The Labute approximate surface area is 192 Å². The summed E-state index contributed by atoms with van der Waals surface area (Å²) in [5, 5.41) is 14.7. The number of carbonyl (C=O) groups excluding carboxylic acids is 1. The van der Waals surface area contributed by atoms with Gasteiger partial charge in [0.05, 0.1) is 22.1 Å². The number of aryl methyl sites for hydroxylation is 3. The van der Waals surface area contributed by atoms with Gasteiger partial charge in [0.15, 0.2) is 5.13 Å².